The minimum Gasteiger partial charge on any atom is -0.479 e. The van der Waals surface area contributed by atoms with Gasteiger partial charge < -0.3 is 14.9 Å². The van der Waals surface area contributed by atoms with Gasteiger partial charge in [-0.15, -0.1) is 0 Å². The molecule has 2 atom stereocenters. The summed E-state index contributed by atoms with van der Waals surface area (Å²) in [5, 5.41) is 17.7. The predicted octanol–water partition coefficient (Wildman–Crippen LogP) is 1.13. The summed E-state index contributed by atoms with van der Waals surface area (Å²) in [6, 6.07) is 0. The Morgan fingerprint density at radius 2 is 1.93 bits per heavy atom. The van der Waals surface area contributed by atoms with Gasteiger partial charge in [-0.2, -0.15) is 0 Å². The van der Waals surface area contributed by atoms with Crippen molar-refractivity contribution in [2.24, 2.45) is 11.3 Å². The number of carbonyl (C=O) groups is 1. The van der Waals surface area contributed by atoms with Gasteiger partial charge in [-0.3, -0.25) is 0 Å². The lowest BCUT2D eigenvalue weighted by Gasteiger charge is -2.27. The van der Waals surface area contributed by atoms with Gasteiger partial charge in [0.15, 0.2) is 6.10 Å². The zero-order valence-corrected chi connectivity index (χ0v) is 9.28. The van der Waals surface area contributed by atoms with E-state index in [-0.39, 0.29) is 19.1 Å². The first-order chi connectivity index (χ1) is 6.29. The van der Waals surface area contributed by atoms with E-state index in [1.54, 1.807) is 0 Å². The van der Waals surface area contributed by atoms with Crippen LogP contribution in [0.3, 0.4) is 0 Å². The van der Waals surface area contributed by atoms with Crippen molar-refractivity contribution < 1.29 is 19.7 Å². The Labute approximate surface area is 84.9 Å². The maximum absolute atomic E-state index is 10.9. The van der Waals surface area contributed by atoms with Gasteiger partial charge in [0.1, 0.15) is 0 Å². The molecule has 4 heteroatoms. The van der Waals surface area contributed by atoms with Gasteiger partial charge in [0.2, 0.25) is 0 Å². The minimum absolute atomic E-state index is 0.0104. The second-order valence-electron chi connectivity index (χ2n) is 4.71. The Morgan fingerprint density at radius 1 is 1.43 bits per heavy atom. The Morgan fingerprint density at radius 3 is 2.21 bits per heavy atom. The molecule has 0 fully saturated rings. The molecule has 0 spiro atoms. The van der Waals surface area contributed by atoms with Crippen LogP contribution in [0.1, 0.15) is 27.7 Å². The van der Waals surface area contributed by atoms with Crippen LogP contribution < -0.4 is 0 Å². The Balaban J connectivity index is 4.19. The van der Waals surface area contributed by atoms with E-state index in [1.807, 2.05) is 27.7 Å². The fraction of sp³-hybridized carbons (Fsp3) is 0.900. The molecular weight excluding hydrogens is 184 g/mol. The van der Waals surface area contributed by atoms with E-state index >= 15 is 0 Å². The van der Waals surface area contributed by atoms with Crippen molar-refractivity contribution in [3.63, 3.8) is 0 Å². The molecule has 0 aliphatic heterocycles. The van der Waals surface area contributed by atoms with Gasteiger partial charge in [0.25, 0.3) is 0 Å². The fourth-order valence-corrected chi connectivity index (χ4v) is 1.00. The monoisotopic (exact) mass is 204 g/mol. The number of hydrogen-bond acceptors (Lipinski definition) is 3. The number of aliphatic hydroxyl groups excluding tert-OH is 1. The normalized spacial score (nSPS) is 16.4. The van der Waals surface area contributed by atoms with Crippen LogP contribution in [0.5, 0.6) is 0 Å². The molecule has 2 N–H and O–H groups in total. The van der Waals surface area contributed by atoms with Gasteiger partial charge in [-0.1, -0.05) is 27.7 Å². The minimum atomic E-state index is -0.956. The summed E-state index contributed by atoms with van der Waals surface area (Å²) in [6.07, 6.45) is -0.823. The lowest BCUT2D eigenvalue weighted by Crippen LogP contribution is -2.38. The Hall–Kier alpha value is -0.610. The average molecular weight is 204 g/mol. The van der Waals surface area contributed by atoms with E-state index in [2.05, 4.69) is 0 Å². The molecule has 0 aromatic carbocycles. The van der Waals surface area contributed by atoms with Crippen molar-refractivity contribution in [2.45, 2.75) is 33.8 Å². The number of hydrogen-bond donors (Lipinski definition) is 2. The maximum atomic E-state index is 10.9. The first-order valence-electron chi connectivity index (χ1n) is 4.74. The Bertz CT molecular complexity index is 183. The van der Waals surface area contributed by atoms with E-state index in [9.17, 15) is 4.79 Å². The molecule has 14 heavy (non-hydrogen) atoms. The third kappa shape index (κ3) is 4.58. The highest BCUT2D eigenvalue weighted by Crippen LogP contribution is 2.22. The summed E-state index contributed by atoms with van der Waals surface area (Å²) >= 11 is 0. The molecule has 0 aromatic heterocycles. The van der Waals surface area contributed by atoms with Gasteiger partial charge >= 0.3 is 5.97 Å². The summed E-state index contributed by atoms with van der Waals surface area (Å²) in [4.78, 5) is 10.9. The van der Waals surface area contributed by atoms with Gasteiger partial charge in [0, 0.05) is 12.5 Å². The van der Waals surface area contributed by atoms with Crippen molar-refractivity contribution >= 4 is 5.97 Å². The third-order valence-electron chi connectivity index (χ3n) is 1.87. The second-order valence-corrected chi connectivity index (χ2v) is 4.71. The van der Waals surface area contributed by atoms with Crippen LogP contribution >= 0.6 is 0 Å². The molecule has 0 saturated heterocycles. The molecule has 84 valence electrons. The summed E-state index contributed by atoms with van der Waals surface area (Å²) in [5.41, 5.74) is -0.430. The molecule has 0 rings (SSSR count). The largest absolute Gasteiger partial charge is 0.479 e. The lowest BCUT2D eigenvalue weighted by molar-refractivity contribution is -0.159. The molecule has 0 aromatic rings. The number of aliphatic hydroxyl groups is 1. The molecule has 1 unspecified atom stereocenters. The van der Waals surface area contributed by atoms with Crippen LogP contribution in [0.4, 0.5) is 0 Å². The topological polar surface area (TPSA) is 66.8 Å². The van der Waals surface area contributed by atoms with Crippen molar-refractivity contribution in [2.75, 3.05) is 13.2 Å². The summed E-state index contributed by atoms with van der Waals surface area (Å²) in [6.45, 7) is 7.53. The van der Waals surface area contributed by atoms with E-state index in [4.69, 9.17) is 14.9 Å². The molecule has 0 amide bonds. The molecule has 0 radical (unpaired) electrons. The molecule has 0 heterocycles. The van der Waals surface area contributed by atoms with E-state index in [1.165, 1.54) is 0 Å². The smallest absolute Gasteiger partial charge is 0.333 e. The average Bonchev–Trinajstić information content (AvgIpc) is 2.01. The summed E-state index contributed by atoms with van der Waals surface area (Å²) in [5.74, 6) is -0.984. The maximum Gasteiger partial charge on any atom is 0.333 e. The number of rotatable bonds is 5. The summed E-state index contributed by atoms with van der Waals surface area (Å²) in [7, 11) is 0. The zero-order valence-electron chi connectivity index (χ0n) is 9.28. The van der Waals surface area contributed by atoms with Crippen LogP contribution in [0.2, 0.25) is 0 Å². The number of carboxylic acid groups (broad SMARTS) is 1. The van der Waals surface area contributed by atoms with Gasteiger partial charge in [-0.25, -0.2) is 4.79 Å². The lowest BCUT2D eigenvalue weighted by atomic mass is 9.89. The van der Waals surface area contributed by atoms with Gasteiger partial charge in [0.05, 0.1) is 6.61 Å². The van der Waals surface area contributed by atoms with Crippen molar-refractivity contribution in [3.8, 4) is 0 Å². The van der Waals surface area contributed by atoms with E-state index < -0.39 is 17.5 Å². The standard InChI is InChI=1S/C10H20O4/c1-7(5-11)6-14-8(9(12)13)10(2,3)4/h7-8,11H,5-6H2,1-4H3,(H,12,13)/t7-,8?/m0/s1. The van der Waals surface area contributed by atoms with Crippen LogP contribution in [-0.2, 0) is 9.53 Å². The molecule has 0 aliphatic carbocycles. The molecule has 4 nitrogen and oxygen atoms in total. The predicted molar refractivity (Wildman–Crippen MR) is 53.1 cm³/mol. The van der Waals surface area contributed by atoms with E-state index in [0.29, 0.717) is 0 Å². The number of ether oxygens (including phenoxy) is 1. The van der Waals surface area contributed by atoms with Gasteiger partial charge in [-0.05, 0) is 5.41 Å². The number of carboxylic acids is 1. The molecule has 0 bridgehead atoms. The quantitative estimate of drug-likeness (QED) is 0.704. The molecule has 0 saturated carbocycles. The SMILES string of the molecule is C[C@@H](CO)COC(C(=O)O)C(C)(C)C. The van der Waals surface area contributed by atoms with Crippen LogP contribution in [0.25, 0.3) is 0 Å². The van der Waals surface area contributed by atoms with Crippen molar-refractivity contribution in [1.82, 2.24) is 0 Å². The Kier molecular flexibility index (Phi) is 5.08. The highest BCUT2D eigenvalue weighted by Gasteiger charge is 2.32. The highest BCUT2D eigenvalue weighted by molar-refractivity contribution is 5.73. The van der Waals surface area contributed by atoms with Crippen molar-refractivity contribution in [1.29, 1.82) is 0 Å². The fourth-order valence-electron chi connectivity index (χ4n) is 1.00. The molecular formula is C10H20O4. The van der Waals surface area contributed by atoms with Crippen LogP contribution in [-0.4, -0.2) is 35.5 Å². The highest BCUT2D eigenvalue weighted by atomic mass is 16.5. The molecule has 0 aliphatic rings. The van der Waals surface area contributed by atoms with Crippen molar-refractivity contribution in [3.05, 3.63) is 0 Å². The second kappa shape index (κ2) is 5.32. The third-order valence-corrected chi connectivity index (χ3v) is 1.87. The first-order valence-corrected chi connectivity index (χ1v) is 4.74. The first kappa shape index (κ1) is 13.4. The zero-order chi connectivity index (χ0) is 11.4. The number of aliphatic carboxylic acids is 1. The van der Waals surface area contributed by atoms with Crippen LogP contribution in [0.15, 0.2) is 0 Å². The van der Waals surface area contributed by atoms with E-state index in [0.717, 1.165) is 0 Å². The summed E-state index contributed by atoms with van der Waals surface area (Å²) < 4.78 is 5.26. The van der Waals surface area contributed by atoms with Crippen LogP contribution in [0, 0.1) is 11.3 Å².